The Hall–Kier alpha value is -3.49. The molecular weight excluding hydrogens is 310 g/mol. The van der Waals surface area contributed by atoms with Gasteiger partial charge in [-0.1, -0.05) is 5.21 Å². The third kappa shape index (κ3) is 2.51. The number of oxazole rings is 1. The molecule has 3 heterocycles. The van der Waals surface area contributed by atoms with Crippen LogP contribution in [0.2, 0.25) is 0 Å². The van der Waals surface area contributed by atoms with Crippen molar-refractivity contribution in [2.24, 2.45) is 0 Å². The largest absolute Gasteiger partial charge is 0.497 e. The van der Waals surface area contributed by atoms with E-state index in [1.165, 1.54) is 0 Å². The van der Waals surface area contributed by atoms with Crippen LogP contribution in [-0.2, 0) is 0 Å². The van der Waals surface area contributed by atoms with Gasteiger partial charge in [0.05, 0.1) is 24.7 Å². The smallest absolute Gasteiger partial charge is 0.301 e. The molecule has 0 aliphatic carbocycles. The summed E-state index contributed by atoms with van der Waals surface area (Å²) in [4.78, 5) is 12.8. The maximum absolute atomic E-state index is 5.25. The molecule has 0 amide bonds. The summed E-state index contributed by atoms with van der Waals surface area (Å²) in [6.07, 6.45) is 3.14. The number of anilines is 2. The third-order valence-corrected chi connectivity index (χ3v) is 3.35. The Labute approximate surface area is 136 Å². The Morgan fingerprint density at radius 2 is 2.00 bits per heavy atom. The van der Waals surface area contributed by atoms with E-state index >= 15 is 0 Å². The molecule has 1 aromatic carbocycles. The highest BCUT2D eigenvalue weighted by Gasteiger charge is 2.11. The van der Waals surface area contributed by atoms with Gasteiger partial charge in [-0.05, 0) is 31.2 Å². The van der Waals surface area contributed by atoms with E-state index in [2.05, 4.69) is 30.6 Å². The number of rotatable bonds is 4. The van der Waals surface area contributed by atoms with Gasteiger partial charge >= 0.3 is 6.01 Å². The molecule has 0 saturated heterocycles. The molecule has 9 nitrogen and oxygen atoms in total. The van der Waals surface area contributed by atoms with E-state index in [1.807, 2.05) is 31.2 Å². The number of nitrogens with one attached hydrogen (secondary N) is 1. The first-order chi connectivity index (χ1) is 11.7. The molecule has 0 bridgehead atoms. The van der Waals surface area contributed by atoms with Gasteiger partial charge in [-0.25, -0.2) is 4.98 Å². The van der Waals surface area contributed by atoms with Crippen molar-refractivity contribution < 1.29 is 9.15 Å². The van der Waals surface area contributed by atoms with Crippen LogP contribution in [0.3, 0.4) is 0 Å². The van der Waals surface area contributed by atoms with Gasteiger partial charge in [0.15, 0.2) is 11.2 Å². The molecular formula is C15H13N7O2. The van der Waals surface area contributed by atoms with Crippen LogP contribution >= 0.6 is 0 Å². The van der Waals surface area contributed by atoms with Gasteiger partial charge < -0.3 is 9.15 Å². The molecule has 4 rings (SSSR count). The van der Waals surface area contributed by atoms with Crippen molar-refractivity contribution in [2.75, 3.05) is 12.4 Å². The summed E-state index contributed by atoms with van der Waals surface area (Å²) in [7, 11) is 1.62. The van der Waals surface area contributed by atoms with Crippen LogP contribution in [0.4, 0.5) is 12.0 Å². The first-order valence-corrected chi connectivity index (χ1v) is 7.15. The molecule has 1 N–H and O–H groups in total. The number of hydrogen-bond donors (Lipinski definition) is 1. The number of aryl methyl sites for hydroxylation is 1. The topological polar surface area (TPSA) is 104 Å². The Morgan fingerprint density at radius 1 is 1.17 bits per heavy atom. The van der Waals surface area contributed by atoms with Crippen LogP contribution in [0.5, 0.6) is 5.75 Å². The number of methoxy groups -OCH3 is 1. The van der Waals surface area contributed by atoms with Crippen LogP contribution in [0.15, 0.2) is 41.1 Å². The molecule has 0 aliphatic heterocycles. The lowest BCUT2D eigenvalue weighted by Crippen LogP contribution is -2.01. The summed E-state index contributed by atoms with van der Waals surface area (Å²) in [6, 6.07) is 7.77. The minimum absolute atomic E-state index is 0.329. The van der Waals surface area contributed by atoms with E-state index in [0.29, 0.717) is 23.1 Å². The van der Waals surface area contributed by atoms with E-state index in [1.54, 1.807) is 24.3 Å². The van der Waals surface area contributed by atoms with E-state index in [9.17, 15) is 0 Å². The summed E-state index contributed by atoms with van der Waals surface area (Å²) >= 11 is 0. The quantitative estimate of drug-likeness (QED) is 0.610. The fourth-order valence-corrected chi connectivity index (χ4v) is 2.19. The predicted molar refractivity (Wildman–Crippen MR) is 85.5 cm³/mol. The van der Waals surface area contributed by atoms with E-state index in [0.717, 1.165) is 17.1 Å². The summed E-state index contributed by atoms with van der Waals surface area (Å²) in [5.74, 6) is 1.11. The number of benzene rings is 1. The Kier molecular flexibility index (Phi) is 3.30. The number of hydrogen-bond acceptors (Lipinski definition) is 8. The van der Waals surface area contributed by atoms with Crippen LogP contribution in [0, 0.1) is 6.92 Å². The van der Waals surface area contributed by atoms with Crippen LogP contribution in [-0.4, -0.2) is 37.1 Å². The van der Waals surface area contributed by atoms with Gasteiger partial charge in [-0.3, -0.25) is 5.32 Å². The van der Waals surface area contributed by atoms with Gasteiger partial charge in [-0.2, -0.15) is 14.6 Å². The highest BCUT2D eigenvalue weighted by molar-refractivity contribution is 5.72. The van der Waals surface area contributed by atoms with Crippen LogP contribution in [0.25, 0.3) is 16.9 Å². The monoisotopic (exact) mass is 323 g/mol. The Balaban J connectivity index is 1.72. The van der Waals surface area contributed by atoms with E-state index in [-0.39, 0.29) is 0 Å². The highest BCUT2D eigenvalue weighted by Crippen LogP contribution is 2.19. The molecule has 120 valence electrons. The van der Waals surface area contributed by atoms with Crippen LogP contribution < -0.4 is 10.1 Å². The Morgan fingerprint density at radius 3 is 2.71 bits per heavy atom. The second kappa shape index (κ2) is 5.61. The lowest BCUT2D eigenvalue weighted by Gasteiger charge is -2.04. The van der Waals surface area contributed by atoms with Crippen molar-refractivity contribution in [1.29, 1.82) is 0 Å². The zero-order chi connectivity index (χ0) is 16.5. The molecule has 4 aromatic rings. The lowest BCUT2D eigenvalue weighted by atomic mass is 10.3. The molecule has 9 heteroatoms. The molecule has 3 aromatic heterocycles. The predicted octanol–water partition coefficient (Wildman–Crippen LogP) is 2.26. The van der Waals surface area contributed by atoms with Crippen molar-refractivity contribution in [2.45, 2.75) is 6.92 Å². The second-order valence-electron chi connectivity index (χ2n) is 5.02. The zero-order valence-electron chi connectivity index (χ0n) is 13.0. The van der Waals surface area contributed by atoms with Crippen molar-refractivity contribution in [3.63, 3.8) is 0 Å². The maximum Gasteiger partial charge on any atom is 0.301 e. The normalized spacial score (nSPS) is 10.9. The molecule has 0 unspecified atom stereocenters. The van der Waals surface area contributed by atoms with Crippen molar-refractivity contribution >= 4 is 23.1 Å². The minimum Gasteiger partial charge on any atom is -0.497 e. The molecule has 0 aliphatic rings. The van der Waals surface area contributed by atoms with Crippen LogP contribution in [0.1, 0.15) is 5.69 Å². The van der Waals surface area contributed by atoms with Gasteiger partial charge in [0, 0.05) is 0 Å². The van der Waals surface area contributed by atoms with E-state index < -0.39 is 0 Å². The van der Waals surface area contributed by atoms with Gasteiger partial charge in [0.2, 0.25) is 5.95 Å². The van der Waals surface area contributed by atoms with Gasteiger partial charge in [-0.15, -0.1) is 5.10 Å². The number of aromatic nitrogens is 6. The number of nitrogens with zero attached hydrogens (tertiary/aromatic N) is 6. The SMILES string of the molecule is COc1ccc(-n2nnc3cnc(Nc4nc(C)co4)nc32)cc1. The fourth-order valence-electron chi connectivity index (χ4n) is 2.19. The maximum atomic E-state index is 5.25. The molecule has 0 saturated carbocycles. The number of fused-ring (bicyclic) bond motifs is 1. The average Bonchev–Trinajstić information content (AvgIpc) is 3.21. The summed E-state index contributed by atoms with van der Waals surface area (Å²) in [5.41, 5.74) is 2.74. The van der Waals surface area contributed by atoms with Crippen molar-refractivity contribution in [3.05, 3.63) is 42.4 Å². The first kappa shape index (κ1) is 14.1. The molecule has 0 radical (unpaired) electrons. The molecule has 24 heavy (non-hydrogen) atoms. The first-order valence-electron chi connectivity index (χ1n) is 7.15. The Bertz CT molecular complexity index is 991. The standard InChI is InChI=1S/C15H13N7O2/c1-9-8-24-15(17-9)19-14-16-7-12-13(18-14)22(21-20-12)10-3-5-11(23-2)6-4-10/h3-8H,1-2H3,(H,16,17,18,19). The molecule has 0 atom stereocenters. The van der Waals surface area contributed by atoms with Gasteiger partial charge in [0.1, 0.15) is 12.0 Å². The average molecular weight is 323 g/mol. The summed E-state index contributed by atoms with van der Waals surface area (Å²) < 4.78 is 12.0. The summed E-state index contributed by atoms with van der Waals surface area (Å²) in [6.45, 7) is 1.83. The second-order valence-corrected chi connectivity index (χ2v) is 5.02. The zero-order valence-corrected chi connectivity index (χ0v) is 13.0. The van der Waals surface area contributed by atoms with Crippen molar-refractivity contribution in [3.8, 4) is 11.4 Å². The molecule has 0 fully saturated rings. The van der Waals surface area contributed by atoms with Crippen molar-refractivity contribution in [1.82, 2.24) is 29.9 Å². The fraction of sp³-hybridized carbons (Fsp3) is 0.133. The van der Waals surface area contributed by atoms with Gasteiger partial charge in [0.25, 0.3) is 0 Å². The third-order valence-electron chi connectivity index (χ3n) is 3.35. The van der Waals surface area contributed by atoms with E-state index in [4.69, 9.17) is 9.15 Å². The highest BCUT2D eigenvalue weighted by atomic mass is 16.5. The lowest BCUT2D eigenvalue weighted by molar-refractivity contribution is 0.414. The number of ether oxygens (including phenoxy) is 1. The summed E-state index contributed by atoms with van der Waals surface area (Å²) in [5, 5.41) is 11.1. The minimum atomic E-state index is 0.329. The molecule has 0 spiro atoms.